The SMILES string of the molecule is COCC1=CC[C@](C)(C/C=C/C(C)(C)OC)[C@@H](/C=C/OC(=O)C=C(C)C)[C@H](CC(C)=O)C1=O. The maximum atomic E-state index is 13.4. The van der Waals surface area contributed by atoms with Crippen molar-refractivity contribution in [3.8, 4) is 0 Å². The molecule has 0 unspecified atom stereocenters. The second-order valence-electron chi connectivity index (χ2n) is 9.82. The minimum absolute atomic E-state index is 0.0645. The van der Waals surface area contributed by atoms with E-state index in [0.29, 0.717) is 18.4 Å². The first-order valence-electron chi connectivity index (χ1n) is 11.3. The summed E-state index contributed by atoms with van der Waals surface area (Å²) in [5.74, 6) is -1.53. The van der Waals surface area contributed by atoms with Gasteiger partial charge in [0.15, 0.2) is 5.78 Å². The van der Waals surface area contributed by atoms with Gasteiger partial charge in [0, 0.05) is 38.2 Å². The normalized spacial score (nSPS) is 24.0. The number of hydrogen-bond donors (Lipinski definition) is 0. The zero-order valence-electron chi connectivity index (χ0n) is 21.4. The van der Waals surface area contributed by atoms with Crippen LogP contribution in [0.3, 0.4) is 0 Å². The van der Waals surface area contributed by atoms with Gasteiger partial charge in [0.25, 0.3) is 0 Å². The van der Waals surface area contributed by atoms with E-state index in [9.17, 15) is 14.4 Å². The van der Waals surface area contributed by atoms with Crippen LogP contribution in [-0.4, -0.2) is 44.0 Å². The zero-order valence-corrected chi connectivity index (χ0v) is 21.4. The molecule has 0 saturated carbocycles. The number of rotatable bonds is 11. The minimum Gasteiger partial charge on any atom is -0.432 e. The van der Waals surface area contributed by atoms with Gasteiger partial charge in [-0.25, -0.2) is 4.79 Å². The second-order valence-corrected chi connectivity index (χ2v) is 9.82. The van der Waals surface area contributed by atoms with Crippen LogP contribution in [0.15, 0.2) is 47.8 Å². The van der Waals surface area contributed by atoms with Gasteiger partial charge in [0.2, 0.25) is 0 Å². The van der Waals surface area contributed by atoms with Crippen LogP contribution < -0.4 is 0 Å². The van der Waals surface area contributed by atoms with E-state index >= 15 is 0 Å². The maximum Gasteiger partial charge on any atom is 0.335 e. The van der Waals surface area contributed by atoms with E-state index in [1.807, 2.05) is 39.8 Å². The number of ketones is 2. The summed E-state index contributed by atoms with van der Waals surface area (Å²) >= 11 is 0. The number of carbonyl (C=O) groups is 3. The molecule has 1 aliphatic carbocycles. The van der Waals surface area contributed by atoms with Crippen molar-refractivity contribution >= 4 is 17.5 Å². The Morgan fingerprint density at radius 2 is 1.88 bits per heavy atom. The first kappa shape index (κ1) is 28.7. The summed E-state index contributed by atoms with van der Waals surface area (Å²) in [6.07, 6.45) is 11.9. The average molecular weight is 461 g/mol. The summed E-state index contributed by atoms with van der Waals surface area (Å²) in [4.78, 5) is 37.5. The van der Waals surface area contributed by atoms with E-state index < -0.39 is 22.9 Å². The highest BCUT2D eigenvalue weighted by Gasteiger charge is 2.43. The fourth-order valence-electron chi connectivity index (χ4n) is 4.02. The van der Waals surface area contributed by atoms with Crippen LogP contribution in [0.25, 0.3) is 0 Å². The lowest BCUT2D eigenvalue weighted by Crippen LogP contribution is -2.35. The Kier molecular flexibility index (Phi) is 11.1. The molecule has 0 heterocycles. The van der Waals surface area contributed by atoms with Gasteiger partial charge in [-0.05, 0) is 64.9 Å². The van der Waals surface area contributed by atoms with Gasteiger partial charge in [0.1, 0.15) is 5.78 Å². The summed E-state index contributed by atoms with van der Waals surface area (Å²) in [7, 11) is 3.21. The lowest BCUT2D eigenvalue weighted by molar-refractivity contribution is -0.132. The predicted octanol–water partition coefficient (Wildman–Crippen LogP) is 5.14. The minimum atomic E-state index is -0.571. The van der Waals surface area contributed by atoms with Crippen LogP contribution in [0.1, 0.15) is 60.8 Å². The molecule has 0 spiro atoms. The molecule has 33 heavy (non-hydrogen) atoms. The van der Waals surface area contributed by atoms with Crippen molar-refractivity contribution < 1.29 is 28.6 Å². The second kappa shape index (κ2) is 12.8. The molecule has 1 rings (SSSR count). The largest absolute Gasteiger partial charge is 0.432 e. The number of carbonyl (C=O) groups excluding carboxylic acids is 3. The molecular weight excluding hydrogens is 420 g/mol. The van der Waals surface area contributed by atoms with Crippen LogP contribution >= 0.6 is 0 Å². The van der Waals surface area contributed by atoms with Crippen molar-refractivity contribution in [2.24, 2.45) is 17.3 Å². The zero-order chi connectivity index (χ0) is 25.2. The summed E-state index contributed by atoms with van der Waals surface area (Å²) in [5, 5.41) is 0. The molecule has 6 nitrogen and oxygen atoms in total. The van der Waals surface area contributed by atoms with Crippen LogP contribution in [0.2, 0.25) is 0 Å². The van der Waals surface area contributed by atoms with E-state index in [2.05, 4.69) is 13.0 Å². The van der Waals surface area contributed by atoms with Crippen LogP contribution in [0.4, 0.5) is 0 Å². The Balaban J connectivity index is 3.42. The molecule has 0 bridgehead atoms. The monoisotopic (exact) mass is 460 g/mol. The van der Waals surface area contributed by atoms with Gasteiger partial charge >= 0.3 is 5.97 Å². The Labute approximate surface area is 198 Å². The number of allylic oxidation sites excluding steroid dienone is 4. The van der Waals surface area contributed by atoms with E-state index in [0.717, 1.165) is 5.57 Å². The number of Topliss-reactive ketones (excluding diaryl/α,β-unsaturated/α-hetero) is 2. The number of ether oxygens (including phenoxy) is 3. The smallest absolute Gasteiger partial charge is 0.335 e. The number of esters is 1. The molecule has 0 N–H and O–H groups in total. The summed E-state index contributed by atoms with van der Waals surface area (Å²) in [6, 6.07) is 0. The van der Waals surface area contributed by atoms with E-state index in [1.165, 1.54) is 19.3 Å². The van der Waals surface area contributed by atoms with E-state index in [1.54, 1.807) is 20.3 Å². The first-order valence-corrected chi connectivity index (χ1v) is 11.3. The molecule has 3 atom stereocenters. The van der Waals surface area contributed by atoms with Crippen molar-refractivity contribution in [3.05, 3.63) is 47.8 Å². The van der Waals surface area contributed by atoms with Gasteiger partial charge in [-0.2, -0.15) is 0 Å². The third-order valence-corrected chi connectivity index (χ3v) is 6.02. The predicted molar refractivity (Wildman–Crippen MR) is 129 cm³/mol. The molecule has 0 radical (unpaired) electrons. The van der Waals surface area contributed by atoms with Crippen molar-refractivity contribution in [1.29, 1.82) is 0 Å². The molecule has 0 aromatic rings. The van der Waals surface area contributed by atoms with E-state index in [-0.39, 0.29) is 30.5 Å². The third-order valence-electron chi connectivity index (χ3n) is 6.02. The molecule has 184 valence electrons. The molecule has 0 aliphatic heterocycles. The molecule has 0 aromatic heterocycles. The summed E-state index contributed by atoms with van der Waals surface area (Å²) in [6.45, 7) is 11.3. The lowest BCUT2D eigenvalue weighted by atomic mass is 9.66. The topological polar surface area (TPSA) is 78.9 Å². The Morgan fingerprint density at radius 1 is 1.21 bits per heavy atom. The summed E-state index contributed by atoms with van der Waals surface area (Å²) in [5.41, 5.74) is 0.591. The van der Waals surface area contributed by atoms with Crippen molar-refractivity contribution in [2.45, 2.75) is 66.4 Å². The maximum absolute atomic E-state index is 13.4. The number of hydrogen-bond acceptors (Lipinski definition) is 6. The van der Waals surface area contributed by atoms with Crippen molar-refractivity contribution in [3.63, 3.8) is 0 Å². The molecular formula is C27H40O6. The van der Waals surface area contributed by atoms with Crippen molar-refractivity contribution in [1.82, 2.24) is 0 Å². The van der Waals surface area contributed by atoms with E-state index in [4.69, 9.17) is 14.2 Å². The van der Waals surface area contributed by atoms with Gasteiger partial charge < -0.3 is 19.0 Å². The summed E-state index contributed by atoms with van der Waals surface area (Å²) < 4.78 is 16.0. The lowest BCUT2D eigenvalue weighted by Gasteiger charge is -2.37. The van der Waals surface area contributed by atoms with Crippen LogP contribution in [0.5, 0.6) is 0 Å². The molecule has 1 aliphatic rings. The third kappa shape index (κ3) is 9.22. The van der Waals surface area contributed by atoms with Gasteiger partial charge in [-0.15, -0.1) is 0 Å². The Hall–Kier alpha value is -2.31. The molecule has 0 amide bonds. The highest BCUT2D eigenvalue weighted by molar-refractivity contribution is 6.00. The Morgan fingerprint density at radius 3 is 2.42 bits per heavy atom. The Bertz CT molecular complexity index is 826. The fourth-order valence-corrected chi connectivity index (χ4v) is 4.02. The quantitative estimate of drug-likeness (QED) is 0.184. The van der Waals surface area contributed by atoms with Crippen molar-refractivity contribution in [2.75, 3.05) is 20.8 Å². The number of methoxy groups -OCH3 is 2. The first-order chi connectivity index (χ1) is 15.3. The average Bonchev–Trinajstić information content (AvgIpc) is 2.79. The van der Waals surface area contributed by atoms with Gasteiger partial charge in [-0.1, -0.05) is 30.7 Å². The molecule has 0 fully saturated rings. The van der Waals surface area contributed by atoms with Crippen LogP contribution in [0, 0.1) is 17.3 Å². The standard InChI is InChI=1S/C27H40O6/c1-19(2)16-24(29)33-15-11-23-22(17-20(3)28)25(30)21(18-31-7)10-14-27(23,6)13-9-12-26(4,5)32-8/h9-12,15-16,22-23H,13-14,17-18H2,1-8H3/b12-9+,15-11+/t22-,23-,27-/m0/s1. The van der Waals surface area contributed by atoms with Gasteiger partial charge in [0.05, 0.1) is 18.5 Å². The highest BCUT2D eigenvalue weighted by atomic mass is 16.5. The highest BCUT2D eigenvalue weighted by Crippen LogP contribution is 2.46. The van der Waals surface area contributed by atoms with Gasteiger partial charge in [-0.3, -0.25) is 4.79 Å². The molecule has 6 heteroatoms. The fraction of sp³-hybridized carbons (Fsp3) is 0.593. The molecule has 0 saturated heterocycles. The van der Waals surface area contributed by atoms with Crippen LogP contribution in [-0.2, 0) is 28.6 Å². The molecule has 0 aromatic carbocycles.